The van der Waals surface area contributed by atoms with Crippen LogP contribution in [0.2, 0.25) is 0 Å². The molecule has 1 saturated heterocycles. The number of hydrazine groups is 1. The molecule has 2 rings (SSSR count). The molecule has 1 fully saturated rings. The van der Waals surface area contributed by atoms with Gasteiger partial charge in [0.25, 0.3) is 5.91 Å². The van der Waals surface area contributed by atoms with E-state index in [1.54, 1.807) is 18.2 Å². The van der Waals surface area contributed by atoms with Crippen molar-refractivity contribution < 1.29 is 4.79 Å². The Bertz CT molecular complexity index is 449. The van der Waals surface area contributed by atoms with Gasteiger partial charge in [0.1, 0.15) is 11.5 Å². The zero-order valence-corrected chi connectivity index (χ0v) is 11.5. The van der Waals surface area contributed by atoms with Crippen LogP contribution in [0.3, 0.4) is 0 Å². The smallest absolute Gasteiger partial charge is 0.272 e. The van der Waals surface area contributed by atoms with Gasteiger partial charge in [0.15, 0.2) is 0 Å². The van der Waals surface area contributed by atoms with Crippen molar-refractivity contribution in [2.24, 2.45) is 5.84 Å². The fourth-order valence-electron chi connectivity index (χ4n) is 1.99. The molecular weight excluding hydrogens is 248 g/mol. The monoisotopic (exact) mass is 266 g/mol. The summed E-state index contributed by atoms with van der Waals surface area (Å²) in [5, 5.41) is 0. The molecule has 0 bridgehead atoms. The highest BCUT2D eigenvalue weighted by atomic mass is 32.2. The maximum atomic E-state index is 12.3. The van der Waals surface area contributed by atoms with E-state index in [9.17, 15) is 4.79 Å². The number of amides is 1. The van der Waals surface area contributed by atoms with Crippen molar-refractivity contribution in [1.82, 2.24) is 9.88 Å². The summed E-state index contributed by atoms with van der Waals surface area (Å²) in [6.07, 6.45) is 0. The van der Waals surface area contributed by atoms with Gasteiger partial charge in [-0.05, 0) is 26.0 Å². The molecule has 1 aromatic heterocycles. The van der Waals surface area contributed by atoms with E-state index in [2.05, 4.69) is 24.3 Å². The van der Waals surface area contributed by atoms with Crippen LogP contribution in [0.1, 0.15) is 24.3 Å². The Hall–Kier alpha value is -1.27. The lowest BCUT2D eigenvalue weighted by Gasteiger charge is -2.37. The van der Waals surface area contributed by atoms with Crippen LogP contribution in [-0.2, 0) is 0 Å². The van der Waals surface area contributed by atoms with Gasteiger partial charge in [0, 0.05) is 23.6 Å². The molecule has 0 saturated carbocycles. The minimum Gasteiger partial charge on any atom is -0.335 e. The highest BCUT2D eigenvalue weighted by Crippen LogP contribution is 2.30. The quantitative estimate of drug-likeness (QED) is 0.624. The Labute approximate surface area is 111 Å². The molecule has 1 aliphatic heterocycles. The van der Waals surface area contributed by atoms with Gasteiger partial charge < -0.3 is 10.3 Å². The largest absolute Gasteiger partial charge is 0.335 e. The van der Waals surface area contributed by atoms with E-state index in [1.165, 1.54) is 0 Å². The fraction of sp³-hybridized carbons (Fsp3) is 0.500. The van der Waals surface area contributed by atoms with Crippen molar-refractivity contribution >= 4 is 23.5 Å². The number of carbonyl (C=O) groups excluding carboxylic acids is 1. The van der Waals surface area contributed by atoms with E-state index in [1.807, 2.05) is 16.7 Å². The molecule has 0 aliphatic carbocycles. The molecule has 1 amide bonds. The Balaban J connectivity index is 2.15. The first kappa shape index (κ1) is 13.2. The number of nitrogens with zero attached hydrogens (tertiary/aromatic N) is 2. The highest BCUT2D eigenvalue weighted by Gasteiger charge is 2.30. The Kier molecular flexibility index (Phi) is 3.77. The van der Waals surface area contributed by atoms with Gasteiger partial charge >= 0.3 is 0 Å². The highest BCUT2D eigenvalue weighted by molar-refractivity contribution is 8.00. The molecule has 2 heterocycles. The summed E-state index contributed by atoms with van der Waals surface area (Å²) in [7, 11) is 0. The van der Waals surface area contributed by atoms with E-state index >= 15 is 0 Å². The zero-order chi connectivity index (χ0) is 13.2. The lowest BCUT2D eigenvalue weighted by atomic mass is 10.1. The molecule has 1 aliphatic rings. The number of aromatic nitrogens is 1. The van der Waals surface area contributed by atoms with Gasteiger partial charge in [-0.3, -0.25) is 4.79 Å². The van der Waals surface area contributed by atoms with Gasteiger partial charge in [-0.25, -0.2) is 10.8 Å². The van der Waals surface area contributed by atoms with Gasteiger partial charge in [0.05, 0.1) is 0 Å². The number of rotatable bonds is 2. The maximum Gasteiger partial charge on any atom is 0.272 e. The Morgan fingerprint density at radius 1 is 1.56 bits per heavy atom. The number of nitrogen functional groups attached to an aromatic ring is 1. The molecule has 1 aromatic rings. The number of pyridine rings is 1. The fourth-order valence-corrected chi connectivity index (χ4v) is 3.10. The average molecular weight is 266 g/mol. The lowest BCUT2D eigenvalue weighted by molar-refractivity contribution is 0.0742. The number of nitrogens with one attached hydrogen (secondary N) is 1. The third kappa shape index (κ3) is 2.94. The van der Waals surface area contributed by atoms with Gasteiger partial charge in [-0.2, -0.15) is 11.8 Å². The molecule has 3 N–H and O–H groups in total. The first-order valence-electron chi connectivity index (χ1n) is 5.89. The van der Waals surface area contributed by atoms with Crippen molar-refractivity contribution in [1.29, 1.82) is 0 Å². The minimum absolute atomic E-state index is 0.0273. The molecule has 0 spiro atoms. The molecule has 0 radical (unpaired) electrons. The number of nitrogens with two attached hydrogens (primary N) is 1. The van der Waals surface area contributed by atoms with Crippen LogP contribution >= 0.6 is 11.8 Å². The second-order valence-corrected chi connectivity index (χ2v) is 6.69. The van der Waals surface area contributed by atoms with Crippen LogP contribution in [0.5, 0.6) is 0 Å². The van der Waals surface area contributed by atoms with E-state index in [0.29, 0.717) is 11.5 Å². The van der Waals surface area contributed by atoms with Gasteiger partial charge in [-0.1, -0.05) is 6.07 Å². The molecular formula is C12H18N4OS. The molecule has 18 heavy (non-hydrogen) atoms. The van der Waals surface area contributed by atoms with E-state index in [-0.39, 0.29) is 10.7 Å². The van der Waals surface area contributed by atoms with E-state index in [4.69, 9.17) is 5.84 Å². The predicted octanol–water partition coefficient (Wildman–Crippen LogP) is 1.33. The normalized spacial score (nSPS) is 18.5. The summed E-state index contributed by atoms with van der Waals surface area (Å²) in [4.78, 5) is 18.4. The second-order valence-electron chi connectivity index (χ2n) is 4.89. The summed E-state index contributed by atoms with van der Waals surface area (Å²) < 4.78 is 0.109. The van der Waals surface area contributed by atoms with Crippen LogP contribution in [0, 0.1) is 0 Å². The number of hydrogen-bond acceptors (Lipinski definition) is 5. The lowest BCUT2D eigenvalue weighted by Crippen LogP contribution is -2.46. The first-order chi connectivity index (χ1) is 8.52. The second kappa shape index (κ2) is 5.16. The third-order valence-corrected chi connectivity index (χ3v) is 4.13. The zero-order valence-electron chi connectivity index (χ0n) is 10.6. The summed E-state index contributed by atoms with van der Waals surface area (Å²) in [6.45, 7) is 5.83. The van der Waals surface area contributed by atoms with Crippen molar-refractivity contribution in [3.8, 4) is 0 Å². The summed E-state index contributed by atoms with van der Waals surface area (Å²) in [6, 6.07) is 5.23. The number of anilines is 1. The molecule has 5 nitrogen and oxygen atoms in total. The Morgan fingerprint density at radius 2 is 2.33 bits per heavy atom. The molecule has 6 heteroatoms. The van der Waals surface area contributed by atoms with Crippen LogP contribution in [-0.4, -0.2) is 39.4 Å². The standard InChI is InChI=1S/C12H18N4OS/c1-12(2)8-16(6-7-18-12)11(17)9-4-3-5-10(14-9)15-13/h3-5H,6-8,13H2,1-2H3,(H,14,15). The molecule has 0 aromatic carbocycles. The number of carbonyl (C=O) groups is 1. The maximum absolute atomic E-state index is 12.3. The third-order valence-electron chi connectivity index (χ3n) is 2.83. The van der Waals surface area contributed by atoms with Crippen molar-refractivity contribution in [3.63, 3.8) is 0 Å². The van der Waals surface area contributed by atoms with Crippen LogP contribution in [0.4, 0.5) is 5.82 Å². The van der Waals surface area contributed by atoms with Gasteiger partial charge in [-0.15, -0.1) is 0 Å². The molecule has 98 valence electrons. The Morgan fingerprint density at radius 3 is 3.00 bits per heavy atom. The summed E-state index contributed by atoms with van der Waals surface area (Å²) in [5.74, 6) is 6.74. The van der Waals surface area contributed by atoms with Crippen molar-refractivity contribution in [3.05, 3.63) is 23.9 Å². The molecule has 0 unspecified atom stereocenters. The molecule has 0 atom stereocenters. The number of thioether (sulfide) groups is 1. The summed E-state index contributed by atoms with van der Waals surface area (Å²) in [5.41, 5.74) is 2.89. The first-order valence-corrected chi connectivity index (χ1v) is 6.87. The average Bonchev–Trinajstić information content (AvgIpc) is 2.37. The minimum atomic E-state index is -0.0273. The van der Waals surface area contributed by atoms with E-state index < -0.39 is 0 Å². The number of hydrogen-bond donors (Lipinski definition) is 2. The van der Waals surface area contributed by atoms with Crippen LogP contribution < -0.4 is 11.3 Å². The van der Waals surface area contributed by atoms with E-state index in [0.717, 1.165) is 18.8 Å². The van der Waals surface area contributed by atoms with Gasteiger partial charge in [0.2, 0.25) is 0 Å². The van der Waals surface area contributed by atoms with Crippen LogP contribution in [0.25, 0.3) is 0 Å². The van der Waals surface area contributed by atoms with Crippen LogP contribution in [0.15, 0.2) is 18.2 Å². The SMILES string of the molecule is CC1(C)CN(C(=O)c2cccc(NN)n2)CCS1. The predicted molar refractivity (Wildman–Crippen MR) is 74.5 cm³/mol. The summed E-state index contributed by atoms with van der Waals surface area (Å²) >= 11 is 1.90. The van der Waals surface area contributed by atoms with Crippen molar-refractivity contribution in [2.75, 3.05) is 24.3 Å². The van der Waals surface area contributed by atoms with Crippen molar-refractivity contribution in [2.45, 2.75) is 18.6 Å². The topological polar surface area (TPSA) is 71.2 Å².